The van der Waals surface area contributed by atoms with Crippen LogP contribution in [0.2, 0.25) is 0 Å². The van der Waals surface area contributed by atoms with Gasteiger partial charge in [-0.3, -0.25) is 4.90 Å². The van der Waals surface area contributed by atoms with Gasteiger partial charge in [-0.2, -0.15) is 0 Å². The molecule has 3 nitrogen and oxygen atoms in total. The van der Waals surface area contributed by atoms with Crippen molar-refractivity contribution in [1.29, 1.82) is 0 Å². The molecule has 3 heteroatoms. The molecule has 2 aliphatic heterocycles. The summed E-state index contributed by atoms with van der Waals surface area (Å²) in [5, 5.41) is 18.9. The molecule has 0 saturated carbocycles. The van der Waals surface area contributed by atoms with Crippen LogP contribution in [0.15, 0.2) is 0 Å². The van der Waals surface area contributed by atoms with Crippen LogP contribution in [-0.2, 0) is 0 Å². The van der Waals surface area contributed by atoms with E-state index in [2.05, 4.69) is 4.90 Å². The molecule has 0 amide bonds. The maximum absolute atomic E-state index is 9.53. The Morgan fingerprint density at radius 3 is 2.55 bits per heavy atom. The third kappa shape index (κ3) is 1.08. The van der Waals surface area contributed by atoms with Gasteiger partial charge in [0.05, 0.1) is 12.2 Å². The SMILES string of the molecule is CN1[C@H]2C[C@@H](O)C[C@@H]1[C@@H](O)C2. The highest BCUT2D eigenvalue weighted by atomic mass is 16.3. The van der Waals surface area contributed by atoms with Crippen molar-refractivity contribution in [1.82, 2.24) is 4.90 Å². The van der Waals surface area contributed by atoms with E-state index in [0.717, 1.165) is 19.3 Å². The summed E-state index contributed by atoms with van der Waals surface area (Å²) < 4.78 is 0. The third-order valence-corrected chi connectivity index (χ3v) is 3.11. The Morgan fingerprint density at radius 1 is 1.18 bits per heavy atom. The Kier molecular flexibility index (Phi) is 1.67. The summed E-state index contributed by atoms with van der Waals surface area (Å²) in [5.41, 5.74) is 0. The second-order valence-corrected chi connectivity index (χ2v) is 3.81. The number of aliphatic hydroxyl groups is 2. The molecule has 4 atom stereocenters. The summed E-state index contributed by atoms with van der Waals surface area (Å²) in [5.74, 6) is 0. The number of rotatable bonds is 0. The summed E-state index contributed by atoms with van der Waals surface area (Å²) in [6.45, 7) is 0. The van der Waals surface area contributed by atoms with Gasteiger partial charge in [0, 0.05) is 12.1 Å². The molecular formula is C8H15NO2. The number of hydrogen-bond acceptors (Lipinski definition) is 3. The quantitative estimate of drug-likeness (QED) is 0.501. The summed E-state index contributed by atoms with van der Waals surface area (Å²) >= 11 is 0. The zero-order valence-electron chi connectivity index (χ0n) is 6.77. The van der Waals surface area contributed by atoms with Gasteiger partial charge in [0.25, 0.3) is 0 Å². The zero-order chi connectivity index (χ0) is 8.01. The van der Waals surface area contributed by atoms with Crippen molar-refractivity contribution in [3.05, 3.63) is 0 Å². The molecule has 0 aromatic rings. The van der Waals surface area contributed by atoms with E-state index in [1.54, 1.807) is 0 Å². The van der Waals surface area contributed by atoms with Gasteiger partial charge in [-0.1, -0.05) is 0 Å². The highest BCUT2D eigenvalue weighted by molar-refractivity contribution is 4.98. The molecule has 2 heterocycles. The lowest BCUT2D eigenvalue weighted by atomic mass is 10.0. The summed E-state index contributed by atoms with van der Waals surface area (Å²) in [6, 6.07) is 0.627. The van der Waals surface area contributed by atoms with E-state index in [1.807, 2.05) is 7.05 Å². The van der Waals surface area contributed by atoms with Crippen LogP contribution in [0.25, 0.3) is 0 Å². The van der Waals surface area contributed by atoms with Crippen molar-refractivity contribution in [3.63, 3.8) is 0 Å². The first-order chi connectivity index (χ1) is 5.18. The maximum Gasteiger partial charge on any atom is 0.0711 e. The lowest BCUT2D eigenvalue weighted by Crippen LogP contribution is -2.44. The zero-order valence-corrected chi connectivity index (χ0v) is 6.77. The van der Waals surface area contributed by atoms with Crippen LogP contribution in [0.4, 0.5) is 0 Å². The van der Waals surface area contributed by atoms with Gasteiger partial charge < -0.3 is 10.2 Å². The van der Waals surface area contributed by atoms with E-state index in [0.29, 0.717) is 6.04 Å². The molecule has 0 unspecified atom stereocenters. The van der Waals surface area contributed by atoms with E-state index in [-0.39, 0.29) is 18.2 Å². The average Bonchev–Trinajstić information content (AvgIpc) is 2.17. The molecule has 2 rings (SSSR count). The Morgan fingerprint density at radius 2 is 1.91 bits per heavy atom. The van der Waals surface area contributed by atoms with E-state index < -0.39 is 0 Å². The van der Waals surface area contributed by atoms with Crippen molar-refractivity contribution in [2.75, 3.05) is 7.05 Å². The molecule has 2 fully saturated rings. The smallest absolute Gasteiger partial charge is 0.0711 e. The molecule has 2 bridgehead atoms. The van der Waals surface area contributed by atoms with Crippen molar-refractivity contribution in [2.24, 2.45) is 0 Å². The third-order valence-electron chi connectivity index (χ3n) is 3.11. The van der Waals surface area contributed by atoms with Crippen LogP contribution in [0, 0.1) is 0 Å². The van der Waals surface area contributed by atoms with Crippen molar-refractivity contribution >= 4 is 0 Å². The fourth-order valence-electron chi connectivity index (χ4n) is 2.42. The molecule has 0 aromatic carbocycles. The number of nitrogens with zero attached hydrogens (tertiary/aromatic N) is 1. The summed E-state index contributed by atoms with van der Waals surface area (Å²) in [7, 11) is 2.04. The van der Waals surface area contributed by atoms with Crippen molar-refractivity contribution in [2.45, 2.75) is 43.6 Å². The predicted octanol–water partition coefficient (Wildman–Crippen LogP) is -0.425. The second-order valence-electron chi connectivity index (χ2n) is 3.81. The topological polar surface area (TPSA) is 43.7 Å². The number of aliphatic hydroxyl groups excluding tert-OH is 2. The van der Waals surface area contributed by atoms with Gasteiger partial charge in [0.1, 0.15) is 0 Å². The first-order valence-electron chi connectivity index (χ1n) is 4.26. The van der Waals surface area contributed by atoms with Crippen LogP contribution in [-0.4, -0.2) is 46.5 Å². The summed E-state index contributed by atoms with van der Waals surface area (Å²) in [4.78, 5) is 2.21. The van der Waals surface area contributed by atoms with E-state index in [9.17, 15) is 10.2 Å². The molecule has 0 spiro atoms. The van der Waals surface area contributed by atoms with Gasteiger partial charge in [-0.25, -0.2) is 0 Å². The predicted molar refractivity (Wildman–Crippen MR) is 41.2 cm³/mol. The van der Waals surface area contributed by atoms with E-state index in [4.69, 9.17) is 0 Å². The van der Waals surface area contributed by atoms with Crippen LogP contribution in [0.5, 0.6) is 0 Å². The van der Waals surface area contributed by atoms with Crippen LogP contribution in [0.1, 0.15) is 19.3 Å². The van der Waals surface area contributed by atoms with Gasteiger partial charge in [-0.15, -0.1) is 0 Å². The van der Waals surface area contributed by atoms with Crippen LogP contribution >= 0.6 is 0 Å². The van der Waals surface area contributed by atoms with E-state index in [1.165, 1.54) is 0 Å². The Balaban J connectivity index is 2.14. The molecule has 11 heavy (non-hydrogen) atoms. The fourth-order valence-corrected chi connectivity index (χ4v) is 2.42. The van der Waals surface area contributed by atoms with Crippen molar-refractivity contribution in [3.8, 4) is 0 Å². The number of piperidine rings is 1. The Bertz CT molecular complexity index is 160. The number of hydrogen-bond donors (Lipinski definition) is 2. The minimum atomic E-state index is -0.206. The van der Waals surface area contributed by atoms with Crippen LogP contribution in [0.3, 0.4) is 0 Å². The Labute approximate surface area is 66.6 Å². The standard InChI is InChI=1S/C8H15NO2/c1-9-5-2-6(10)4-7(9)8(11)3-5/h5-8,10-11H,2-4H2,1H3/t5-,6+,7+,8-/m0/s1. The monoisotopic (exact) mass is 157 g/mol. The minimum Gasteiger partial charge on any atom is -0.393 e. The molecule has 64 valence electrons. The minimum absolute atomic E-state index is 0.182. The molecule has 2 saturated heterocycles. The highest BCUT2D eigenvalue weighted by Crippen LogP contribution is 2.34. The number of fused-ring (bicyclic) bond motifs is 2. The highest BCUT2D eigenvalue weighted by Gasteiger charge is 2.43. The fraction of sp³-hybridized carbons (Fsp3) is 1.00. The lowest BCUT2D eigenvalue weighted by molar-refractivity contribution is 0.0282. The Hall–Kier alpha value is -0.120. The maximum atomic E-state index is 9.53. The second kappa shape index (κ2) is 2.44. The molecule has 2 N–H and O–H groups in total. The van der Waals surface area contributed by atoms with Gasteiger partial charge in [0.15, 0.2) is 0 Å². The molecule has 2 aliphatic rings. The first-order valence-corrected chi connectivity index (χ1v) is 4.26. The average molecular weight is 157 g/mol. The largest absolute Gasteiger partial charge is 0.393 e. The molecule has 0 aromatic heterocycles. The van der Waals surface area contributed by atoms with Gasteiger partial charge in [-0.05, 0) is 26.3 Å². The molecule has 0 radical (unpaired) electrons. The van der Waals surface area contributed by atoms with E-state index >= 15 is 0 Å². The normalized spacial score (nSPS) is 51.5. The van der Waals surface area contributed by atoms with Crippen molar-refractivity contribution < 1.29 is 10.2 Å². The van der Waals surface area contributed by atoms with Gasteiger partial charge in [0.2, 0.25) is 0 Å². The van der Waals surface area contributed by atoms with Crippen LogP contribution < -0.4 is 0 Å². The number of likely N-dealkylation sites (N-methyl/N-ethyl adjacent to an activating group) is 1. The first kappa shape index (κ1) is 7.53. The van der Waals surface area contributed by atoms with Gasteiger partial charge >= 0.3 is 0 Å². The summed E-state index contributed by atoms with van der Waals surface area (Å²) in [6.07, 6.45) is 2.04. The lowest BCUT2D eigenvalue weighted by Gasteiger charge is -2.34. The molecular weight excluding hydrogens is 142 g/mol. The molecule has 0 aliphatic carbocycles.